The zero-order valence-electron chi connectivity index (χ0n) is 18.3. The fraction of sp³-hybridized carbons (Fsp3) is 0.346. The third-order valence-corrected chi connectivity index (χ3v) is 5.62. The first-order valence-electron chi connectivity index (χ1n) is 11.1. The lowest BCUT2D eigenvalue weighted by atomic mass is 10.1. The predicted octanol–water partition coefficient (Wildman–Crippen LogP) is 4.13. The summed E-state index contributed by atoms with van der Waals surface area (Å²) in [5.41, 5.74) is 3.13. The summed E-state index contributed by atoms with van der Waals surface area (Å²) in [6.07, 6.45) is 3.73. The van der Waals surface area contributed by atoms with Gasteiger partial charge in [-0.1, -0.05) is 36.4 Å². The van der Waals surface area contributed by atoms with Crippen molar-refractivity contribution in [1.82, 2.24) is 14.8 Å². The Kier molecular flexibility index (Phi) is 8.20. The number of rotatable bonds is 10. The number of morpholine rings is 1. The zero-order chi connectivity index (χ0) is 22.0. The maximum atomic E-state index is 13.5. The molecule has 0 amide bonds. The molecule has 32 heavy (non-hydrogen) atoms. The molecular weight excluding hydrogens is 405 g/mol. The van der Waals surface area contributed by atoms with Gasteiger partial charge in [-0.05, 0) is 35.4 Å². The highest BCUT2D eigenvalue weighted by molar-refractivity contribution is 5.33. The van der Waals surface area contributed by atoms with Crippen LogP contribution in [0.1, 0.15) is 16.7 Å². The Labute approximate surface area is 189 Å². The molecule has 168 valence electrons. The second-order valence-electron chi connectivity index (χ2n) is 8.05. The second-order valence-corrected chi connectivity index (χ2v) is 8.05. The fourth-order valence-corrected chi connectivity index (χ4v) is 3.88. The molecule has 6 heteroatoms. The minimum atomic E-state index is -0.245. The molecule has 0 atom stereocenters. The van der Waals surface area contributed by atoms with E-state index in [9.17, 15) is 4.39 Å². The Morgan fingerprint density at radius 2 is 1.81 bits per heavy atom. The van der Waals surface area contributed by atoms with Crippen LogP contribution in [-0.4, -0.2) is 54.2 Å². The molecule has 4 rings (SSSR count). The topological polar surface area (TPSA) is 37.8 Å². The van der Waals surface area contributed by atoms with Crippen LogP contribution >= 0.6 is 0 Å². The van der Waals surface area contributed by atoms with Gasteiger partial charge in [-0.15, -0.1) is 0 Å². The summed E-state index contributed by atoms with van der Waals surface area (Å²) in [4.78, 5) is 9.15. The van der Waals surface area contributed by atoms with E-state index in [1.54, 1.807) is 12.3 Å². The first kappa shape index (κ1) is 22.4. The van der Waals surface area contributed by atoms with E-state index in [2.05, 4.69) is 26.9 Å². The number of pyridine rings is 1. The summed E-state index contributed by atoms with van der Waals surface area (Å²) >= 11 is 0. The lowest BCUT2D eigenvalue weighted by Crippen LogP contribution is -2.41. The highest BCUT2D eigenvalue weighted by Gasteiger charge is 2.15. The van der Waals surface area contributed by atoms with Crippen LogP contribution in [0.25, 0.3) is 0 Å². The van der Waals surface area contributed by atoms with Gasteiger partial charge in [-0.2, -0.15) is 0 Å². The molecule has 2 aromatic carbocycles. The predicted molar refractivity (Wildman–Crippen MR) is 123 cm³/mol. The third-order valence-electron chi connectivity index (χ3n) is 5.62. The largest absolute Gasteiger partial charge is 0.489 e. The Balaban J connectivity index is 1.44. The molecule has 0 unspecified atom stereocenters. The molecule has 1 aliphatic rings. The van der Waals surface area contributed by atoms with E-state index in [-0.39, 0.29) is 5.82 Å². The Hall–Kier alpha value is -2.80. The monoisotopic (exact) mass is 435 g/mol. The van der Waals surface area contributed by atoms with Crippen molar-refractivity contribution in [3.8, 4) is 5.75 Å². The number of hydrogen-bond acceptors (Lipinski definition) is 5. The van der Waals surface area contributed by atoms with Crippen LogP contribution in [0.5, 0.6) is 5.75 Å². The molecule has 0 saturated carbocycles. The molecule has 5 nitrogen and oxygen atoms in total. The SMILES string of the molecule is Fc1cccc(COc2ccccc2CN(CCN2CCOCC2)Cc2cccnc2)c1. The summed E-state index contributed by atoms with van der Waals surface area (Å²) in [6.45, 7) is 7.42. The zero-order valence-corrected chi connectivity index (χ0v) is 18.3. The molecule has 0 radical (unpaired) electrons. The van der Waals surface area contributed by atoms with Crippen LogP contribution in [0.4, 0.5) is 4.39 Å². The Morgan fingerprint density at radius 3 is 2.62 bits per heavy atom. The summed E-state index contributed by atoms with van der Waals surface area (Å²) < 4.78 is 25.1. The van der Waals surface area contributed by atoms with Gasteiger partial charge < -0.3 is 9.47 Å². The quantitative estimate of drug-likeness (QED) is 0.479. The fourth-order valence-electron chi connectivity index (χ4n) is 3.88. The molecule has 1 saturated heterocycles. The van der Waals surface area contributed by atoms with E-state index in [0.29, 0.717) is 6.61 Å². The average molecular weight is 436 g/mol. The molecule has 0 bridgehead atoms. The van der Waals surface area contributed by atoms with E-state index >= 15 is 0 Å². The van der Waals surface area contributed by atoms with Gasteiger partial charge >= 0.3 is 0 Å². The van der Waals surface area contributed by atoms with E-state index < -0.39 is 0 Å². The number of halogens is 1. The Bertz CT molecular complexity index is 964. The van der Waals surface area contributed by atoms with Gasteiger partial charge in [0.15, 0.2) is 0 Å². The minimum Gasteiger partial charge on any atom is -0.489 e. The highest BCUT2D eigenvalue weighted by Crippen LogP contribution is 2.22. The van der Waals surface area contributed by atoms with Crippen LogP contribution in [-0.2, 0) is 24.4 Å². The second kappa shape index (κ2) is 11.7. The van der Waals surface area contributed by atoms with Gasteiger partial charge in [0.05, 0.1) is 13.2 Å². The highest BCUT2D eigenvalue weighted by atomic mass is 19.1. The van der Waals surface area contributed by atoms with Crippen molar-refractivity contribution in [3.05, 3.63) is 95.6 Å². The number of aromatic nitrogens is 1. The number of hydrogen-bond donors (Lipinski definition) is 0. The van der Waals surface area contributed by atoms with Crippen molar-refractivity contribution in [2.45, 2.75) is 19.7 Å². The van der Waals surface area contributed by atoms with E-state index in [1.807, 2.05) is 36.5 Å². The molecule has 1 aliphatic heterocycles. The Morgan fingerprint density at radius 1 is 0.969 bits per heavy atom. The molecule has 1 fully saturated rings. The molecule has 0 aliphatic carbocycles. The summed E-state index contributed by atoms with van der Waals surface area (Å²) in [5.74, 6) is 0.587. The van der Waals surface area contributed by atoms with Crippen molar-refractivity contribution < 1.29 is 13.9 Å². The first-order chi connectivity index (χ1) is 15.8. The maximum absolute atomic E-state index is 13.5. The molecule has 3 aromatic rings. The van der Waals surface area contributed by atoms with E-state index in [0.717, 1.165) is 69.4 Å². The van der Waals surface area contributed by atoms with Crippen LogP contribution in [0.2, 0.25) is 0 Å². The number of para-hydroxylation sites is 1. The van der Waals surface area contributed by atoms with Gasteiger partial charge in [0.2, 0.25) is 0 Å². The van der Waals surface area contributed by atoms with Gasteiger partial charge in [0, 0.05) is 57.2 Å². The summed E-state index contributed by atoms with van der Waals surface area (Å²) in [5, 5.41) is 0. The maximum Gasteiger partial charge on any atom is 0.124 e. The van der Waals surface area contributed by atoms with Gasteiger partial charge in [0.1, 0.15) is 18.2 Å². The van der Waals surface area contributed by atoms with Crippen LogP contribution in [0, 0.1) is 5.82 Å². The van der Waals surface area contributed by atoms with Crippen molar-refractivity contribution in [3.63, 3.8) is 0 Å². The van der Waals surface area contributed by atoms with Crippen LogP contribution < -0.4 is 4.74 Å². The molecule has 2 heterocycles. The third kappa shape index (κ3) is 6.85. The number of nitrogens with zero attached hydrogens (tertiary/aromatic N) is 3. The average Bonchev–Trinajstić information content (AvgIpc) is 2.83. The lowest BCUT2D eigenvalue weighted by molar-refractivity contribution is 0.0324. The lowest BCUT2D eigenvalue weighted by Gasteiger charge is -2.30. The molecule has 0 spiro atoms. The smallest absolute Gasteiger partial charge is 0.124 e. The molecule has 1 aromatic heterocycles. The standard InChI is InChI=1S/C26H30FN3O2/c27-25-8-3-5-22(17-25)21-32-26-9-2-1-7-24(26)20-30(19-23-6-4-10-28-18-23)12-11-29-13-15-31-16-14-29/h1-10,17-18H,11-16,19-21H2. The number of benzene rings is 2. The molecular formula is C26H30FN3O2. The van der Waals surface area contributed by atoms with Gasteiger partial charge in [0.25, 0.3) is 0 Å². The van der Waals surface area contributed by atoms with Crippen molar-refractivity contribution in [2.75, 3.05) is 39.4 Å². The summed E-state index contributed by atoms with van der Waals surface area (Å²) in [6, 6.07) is 18.7. The van der Waals surface area contributed by atoms with Gasteiger partial charge in [-0.25, -0.2) is 4.39 Å². The molecule has 0 N–H and O–H groups in total. The first-order valence-corrected chi connectivity index (χ1v) is 11.1. The van der Waals surface area contributed by atoms with E-state index in [4.69, 9.17) is 9.47 Å². The normalized spacial score (nSPS) is 14.6. The van der Waals surface area contributed by atoms with Gasteiger partial charge in [-0.3, -0.25) is 14.8 Å². The van der Waals surface area contributed by atoms with Crippen molar-refractivity contribution in [2.24, 2.45) is 0 Å². The summed E-state index contributed by atoms with van der Waals surface area (Å²) in [7, 11) is 0. The van der Waals surface area contributed by atoms with Crippen molar-refractivity contribution >= 4 is 0 Å². The minimum absolute atomic E-state index is 0.245. The number of ether oxygens (including phenoxy) is 2. The van der Waals surface area contributed by atoms with Crippen molar-refractivity contribution in [1.29, 1.82) is 0 Å². The van der Waals surface area contributed by atoms with Crippen LogP contribution in [0.15, 0.2) is 73.1 Å². The van der Waals surface area contributed by atoms with Crippen LogP contribution in [0.3, 0.4) is 0 Å². The van der Waals surface area contributed by atoms with E-state index in [1.165, 1.54) is 17.7 Å².